The van der Waals surface area contributed by atoms with Gasteiger partial charge in [0.1, 0.15) is 9.88 Å². The predicted molar refractivity (Wildman–Crippen MR) is 137 cm³/mol. The van der Waals surface area contributed by atoms with Gasteiger partial charge in [-0.25, -0.2) is 9.59 Å². The minimum atomic E-state index is -0.615. The quantitative estimate of drug-likeness (QED) is 0.214. The van der Waals surface area contributed by atoms with Crippen LogP contribution in [0.5, 0.6) is 11.5 Å². The number of hydrogen-bond donors (Lipinski definition) is 1. The first-order chi connectivity index (χ1) is 16.9. The molecule has 0 aliphatic carbocycles. The van der Waals surface area contributed by atoms with Crippen LogP contribution in [-0.4, -0.2) is 44.3 Å². The fourth-order valence-electron chi connectivity index (χ4n) is 3.11. The van der Waals surface area contributed by atoms with Crippen LogP contribution in [0.2, 0.25) is 0 Å². The maximum absolute atomic E-state index is 12.7. The molecular weight excluding hydrogens is 470 g/mol. The van der Waals surface area contributed by atoms with Gasteiger partial charge in [-0.3, -0.25) is 4.79 Å². The van der Waals surface area contributed by atoms with Crippen LogP contribution in [0.1, 0.15) is 71.7 Å². The molecule has 0 saturated heterocycles. The van der Waals surface area contributed by atoms with Crippen molar-refractivity contribution in [2.24, 2.45) is 0 Å². The summed E-state index contributed by atoms with van der Waals surface area (Å²) < 4.78 is 21.7. The first-order valence-electron chi connectivity index (χ1n) is 11.7. The lowest BCUT2D eigenvalue weighted by molar-refractivity contribution is -0.111. The van der Waals surface area contributed by atoms with E-state index in [0.29, 0.717) is 30.3 Å². The summed E-state index contributed by atoms with van der Waals surface area (Å²) in [4.78, 5) is 37.7. The number of carbonyl (C=O) groups excluding carboxylic acids is 3. The van der Waals surface area contributed by atoms with Gasteiger partial charge in [0.25, 0.3) is 0 Å². The van der Waals surface area contributed by atoms with Crippen molar-refractivity contribution in [1.29, 1.82) is 0 Å². The number of anilines is 1. The summed E-state index contributed by atoms with van der Waals surface area (Å²) in [5, 5.41) is 2.92. The molecule has 0 saturated carbocycles. The Morgan fingerprint density at radius 1 is 0.943 bits per heavy atom. The van der Waals surface area contributed by atoms with E-state index in [9.17, 15) is 14.4 Å². The van der Waals surface area contributed by atoms with Crippen LogP contribution in [0, 0.1) is 6.92 Å². The number of nitrogens with one attached hydrogen (secondary N) is 1. The van der Waals surface area contributed by atoms with Crippen LogP contribution in [0.4, 0.5) is 5.00 Å². The van der Waals surface area contributed by atoms with Gasteiger partial charge in [-0.1, -0.05) is 19.4 Å². The topological polar surface area (TPSA) is 100 Å². The lowest BCUT2D eigenvalue weighted by Gasteiger charge is -2.12. The summed E-state index contributed by atoms with van der Waals surface area (Å²) in [6.07, 6.45) is 4.95. The molecule has 0 unspecified atom stereocenters. The second-order valence-electron chi connectivity index (χ2n) is 7.37. The zero-order valence-electron chi connectivity index (χ0n) is 20.9. The van der Waals surface area contributed by atoms with E-state index in [1.807, 2.05) is 19.1 Å². The number of amides is 1. The molecule has 0 aliphatic rings. The van der Waals surface area contributed by atoms with Gasteiger partial charge >= 0.3 is 11.9 Å². The molecule has 0 fully saturated rings. The number of esters is 2. The highest BCUT2D eigenvalue weighted by atomic mass is 32.1. The predicted octanol–water partition coefficient (Wildman–Crippen LogP) is 5.64. The number of ether oxygens (including phenoxy) is 4. The van der Waals surface area contributed by atoms with Gasteiger partial charge in [-0.05, 0) is 63.5 Å². The van der Waals surface area contributed by atoms with Crippen LogP contribution in [-0.2, 0) is 14.3 Å². The SMILES string of the molecule is CCCCOc1ccc(/C=C/C(=O)Nc2sc(C(=O)OCC)c(C)c2C(=O)OCC)cc1OCC. The molecule has 0 spiro atoms. The van der Waals surface area contributed by atoms with E-state index < -0.39 is 17.8 Å². The third-order valence-electron chi connectivity index (χ3n) is 4.77. The van der Waals surface area contributed by atoms with Crippen molar-refractivity contribution < 1.29 is 33.3 Å². The zero-order chi connectivity index (χ0) is 25.8. The molecule has 35 heavy (non-hydrogen) atoms. The van der Waals surface area contributed by atoms with Crippen LogP contribution in [0.25, 0.3) is 6.08 Å². The molecule has 1 heterocycles. The Hall–Kier alpha value is -3.33. The van der Waals surface area contributed by atoms with Gasteiger partial charge in [0, 0.05) is 6.08 Å². The van der Waals surface area contributed by atoms with Gasteiger partial charge in [0.05, 0.1) is 32.0 Å². The van der Waals surface area contributed by atoms with Crippen molar-refractivity contribution in [3.63, 3.8) is 0 Å². The fourth-order valence-corrected chi connectivity index (χ4v) is 4.20. The Morgan fingerprint density at radius 3 is 2.31 bits per heavy atom. The third kappa shape index (κ3) is 7.85. The molecule has 8 nitrogen and oxygen atoms in total. The Balaban J connectivity index is 2.24. The van der Waals surface area contributed by atoms with E-state index in [2.05, 4.69) is 12.2 Å². The number of thiophene rings is 1. The molecular formula is C26H33NO7S. The van der Waals surface area contributed by atoms with Crippen LogP contribution in [0.15, 0.2) is 24.3 Å². The van der Waals surface area contributed by atoms with E-state index in [1.54, 1.807) is 32.9 Å². The van der Waals surface area contributed by atoms with Crippen molar-refractivity contribution in [3.8, 4) is 11.5 Å². The van der Waals surface area contributed by atoms with Gasteiger partial charge in [-0.15, -0.1) is 11.3 Å². The average molecular weight is 504 g/mol. The standard InChI is InChI=1S/C26H33NO7S/c1-6-10-15-34-19-13-11-18(16-20(19)31-7-2)12-14-21(28)27-24-22(25(29)32-8-3)17(5)23(35-24)26(30)33-9-4/h11-14,16H,6-10,15H2,1-5H3,(H,27,28)/b14-12+. The van der Waals surface area contributed by atoms with E-state index in [4.69, 9.17) is 18.9 Å². The summed E-state index contributed by atoms with van der Waals surface area (Å²) in [7, 11) is 0. The van der Waals surface area contributed by atoms with Crippen LogP contribution >= 0.6 is 11.3 Å². The summed E-state index contributed by atoms with van der Waals surface area (Å²) in [6, 6.07) is 5.43. The highest BCUT2D eigenvalue weighted by Gasteiger charge is 2.27. The summed E-state index contributed by atoms with van der Waals surface area (Å²) in [6.45, 7) is 10.4. The maximum atomic E-state index is 12.7. The molecule has 2 rings (SSSR count). The Morgan fingerprint density at radius 2 is 1.66 bits per heavy atom. The molecule has 0 radical (unpaired) electrons. The molecule has 0 aliphatic heterocycles. The van der Waals surface area contributed by atoms with Gasteiger partial charge in [-0.2, -0.15) is 0 Å². The average Bonchev–Trinajstić information content (AvgIpc) is 3.15. The van der Waals surface area contributed by atoms with Crippen LogP contribution in [0.3, 0.4) is 0 Å². The Labute approximate surface area is 210 Å². The molecule has 1 aromatic heterocycles. The van der Waals surface area contributed by atoms with Gasteiger partial charge < -0.3 is 24.3 Å². The second kappa shape index (κ2) is 14.2. The van der Waals surface area contributed by atoms with E-state index in [0.717, 1.165) is 29.7 Å². The third-order valence-corrected chi connectivity index (χ3v) is 5.96. The van der Waals surface area contributed by atoms with Crippen molar-refractivity contribution in [2.45, 2.75) is 47.5 Å². The first-order valence-corrected chi connectivity index (χ1v) is 12.5. The fraction of sp³-hybridized carbons (Fsp3) is 0.423. The molecule has 1 aromatic carbocycles. The number of carbonyl (C=O) groups is 3. The van der Waals surface area contributed by atoms with E-state index in [1.165, 1.54) is 6.08 Å². The first kappa shape index (κ1) is 27.9. The van der Waals surface area contributed by atoms with E-state index >= 15 is 0 Å². The summed E-state index contributed by atoms with van der Waals surface area (Å²) in [5.74, 6) is -0.379. The maximum Gasteiger partial charge on any atom is 0.348 e. The molecule has 9 heteroatoms. The van der Waals surface area contributed by atoms with Crippen molar-refractivity contribution in [1.82, 2.24) is 0 Å². The molecule has 2 aromatic rings. The zero-order valence-corrected chi connectivity index (χ0v) is 21.7. The normalized spacial score (nSPS) is 10.8. The van der Waals surface area contributed by atoms with Crippen LogP contribution < -0.4 is 14.8 Å². The highest BCUT2D eigenvalue weighted by molar-refractivity contribution is 7.18. The van der Waals surface area contributed by atoms with Gasteiger partial charge in [0.15, 0.2) is 11.5 Å². The molecule has 1 amide bonds. The smallest absolute Gasteiger partial charge is 0.348 e. The lowest BCUT2D eigenvalue weighted by Crippen LogP contribution is -2.13. The molecule has 190 valence electrons. The summed E-state index contributed by atoms with van der Waals surface area (Å²) in [5.41, 5.74) is 1.30. The second-order valence-corrected chi connectivity index (χ2v) is 8.39. The lowest BCUT2D eigenvalue weighted by atomic mass is 10.1. The number of rotatable bonds is 13. The Kier molecular flexibility index (Phi) is 11.3. The largest absolute Gasteiger partial charge is 0.490 e. The monoisotopic (exact) mass is 503 g/mol. The molecule has 1 N–H and O–H groups in total. The number of unbranched alkanes of at least 4 members (excludes halogenated alkanes) is 1. The minimum Gasteiger partial charge on any atom is -0.490 e. The van der Waals surface area contributed by atoms with Crippen molar-refractivity contribution in [3.05, 3.63) is 45.8 Å². The minimum absolute atomic E-state index is 0.147. The number of benzene rings is 1. The van der Waals surface area contributed by atoms with E-state index in [-0.39, 0.29) is 28.7 Å². The molecule has 0 atom stereocenters. The molecule has 0 bridgehead atoms. The van der Waals surface area contributed by atoms with Gasteiger partial charge in [0.2, 0.25) is 5.91 Å². The number of hydrogen-bond acceptors (Lipinski definition) is 8. The van der Waals surface area contributed by atoms with Crippen molar-refractivity contribution >= 4 is 40.3 Å². The summed E-state index contributed by atoms with van der Waals surface area (Å²) >= 11 is 0.981. The highest BCUT2D eigenvalue weighted by Crippen LogP contribution is 2.34. The Bertz CT molecular complexity index is 1060. The van der Waals surface area contributed by atoms with Crippen molar-refractivity contribution in [2.75, 3.05) is 31.7 Å².